The zero-order valence-electron chi connectivity index (χ0n) is 20.5. The molecule has 0 aromatic heterocycles. The topological polar surface area (TPSA) is 228 Å². The fourth-order valence-electron chi connectivity index (χ4n) is 3.62. The molecule has 1 fully saturated rings. The van der Waals surface area contributed by atoms with Crippen molar-refractivity contribution in [3.8, 4) is 0 Å². The second-order valence-corrected chi connectivity index (χ2v) is 11.8. The number of unbranched alkanes of at least 4 members (excludes halogenated alkanes) is 3. The fraction of sp³-hybridized carbons (Fsp3) is 1.00. The van der Waals surface area contributed by atoms with Gasteiger partial charge < -0.3 is 43.6 Å². The molecule has 0 aliphatic heterocycles. The largest absolute Gasteiger partial charge is 0.470 e. The van der Waals surface area contributed by atoms with Crippen LogP contribution in [0.5, 0.6) is 0 Å². The summed E-state index contributed by atoms with van der Waals surface area (Å²) in [5, 5.41) is 0. The van der Waals surface area contributed by atoms with Gasteiger partial charge >= 0.3 is 23.5 Å². The zero-order chi connectivity index (χ0) is 27.6. The summed E-state index contributed by atoms with van der Waals surface area (Å²) in [6, 6.07) is 0. The van der Waals surface area contributed by atoms with E-state index in [1.54, 1.807) is 0 Å². The first kappa shape index (κ1) is 34.2. The van der Waals surface area contributed by atoms with Crippen molar-refractivity contribution >= 4 is 23.5 Å². The van der Waals surface area contributed by atoms with Crippen LogP contribution in [0.3, 0.4) is 0 Å². The second kappa shape index (κ2) is 15.7. The lowest BCUT2D eigenvalue weighted by Gasteiger charge is -2.49. The van der Waals surface area contributed by atoms with Gasteiger partial charge in [0.25, 0.3) is 0 Å². The van der Waals surface area contributed by atoms with Gasteiger partial charge in [0.2, 0.25) is 0 Å². The molecule has 6 atom stereocenters. The lowest BCUT2D eigenvalue weighted by atomic mass is 9.84. The van der Waals surface area contributed by atoms with Gasteiger partial charge in [-0.2, -0.15) is 0 Å². The van der Waals surface area contributed by atoms with Crippen LogP contribution >= 0.6 is 23.5 Å². The monoisotopic (exact) mass is 588 g/mol. The molecule has 0 aromatic rings. The molecular weight excluding hydrogens is 549 g/mol. The summed E-state index contributed by atoms with van der Waals surface area (Å²) >= 11 is 0. The molecular formula is C18H39O15P3. The summed E-state index contributed by atoms with van der Waals surface area (Å²) < 4.78 is 67.5. The summed E-state index contributed by atoms with van der Waals surface area (Å²) in [6.45, 7) is 5.82. The molecule has 15 nitrogen and oxygen atoms in total. The van der Waals surface area contributed by atoms with Gasteiger partial charge in [0.05, 0.1) is 0 Å². The third kappa shape index (κ3) is 12.8. The average molecular weight is 588 g/mol. The van der Waals surface area contributed by atoms with Gasteiger partial charge in [-0.25, -0.2) is 13.7 Å². The predicted molar refractivity (Wildman–Crippen MR) is 125 cm³/mol. The van der Waals surface area contributed by atoms with E-state index in [0.29, 0.717) is 38.5 Å². The molecule has 0 amide bonds. The molecule has 1 aliphatic rings. The van der Waals surface area contributed by atoms with Gasteiger partial charge in [0, 0.05) is 19.8 Å². The van der Waals surface area contributed by atoms with Gasteiger partial charge in [-0.3, -0.25) is 13.6 Å². The van der Waals surface area contributed by atoms with Crippen molar-refractivity contribution in [1.29, 1.82) is 0 Å². The Labute approximate surface area is 210 Å². The fourth-order valence-corrected chi connectivity index (χ4v) is 5.29. The molecule has 18 heteroatoms. The van der Waals surface area contributed by atoms with Crippen molar-refractivity contribution in [3.63, 3.8) is 0 Å². The first-order valence-electron chi connectivity index (χ1n) is 11.7. The Kier molecular flexibility index (Phi) is 14.9. The van der Waals surface area contributed by atoms with Gasteiger partial charge in [-0.15, -0.1) is 0 Å². The molecule has 0 heterocycles. The smallest absolute Gasteiger partial charge is 0.373 e. The van der Waals surface area contributed by atoms with E-state index in [4.69, 9.17) is 27.8 Å². The van der Waals surface area contributed by atoms with Crippen LogP contribution < -0.4 is 0 Å². The van der Waals surface area contributed by atoms with Crippen LogP contribution in [-0.2, 0) is 41.5 Å². The van der Waals surface area contributed by atoms with Crippen molar-refractivity contribution in [2.75, 3.05) is 19.8 Å². The number of phosphoric acid groups is 3. The molecule has 1 saturated carbocycles. The summed E-state index contributed by atoms with van der Waals surface area (Å²) in [5.74, 6) is 0. The highest BCUT2D eigenvalue weighted by atomic mass is 31.2. The van der Waals surface area contributed by atoms with Crippen LogP contribution in [0.2, 0.25) is 0 Å². The van der Waals surface area contributed by atoms with E-state index in [0.717, 1.165) is 0 Å². The van der Waals surface area contributed by atoms with E-state index in [2.05, 4.69) is 0 Å². The minimum Gasteiger partial charge on any atom is -0.373 e. The Morgan fingerprint density at radius 2 is 0.694 bits per heavy atom. The number of rotatable bonds is 18. The third-order valence-corrected chi connectivity index (χ3v) is 6.70. The SMILES string of the molecule is CCCCOC1[C@@H](OCCCC)[C@H](OP(=O)(O)O)C(OP(=O)(O)O)[C@@H](OP(=O)(O)O)[C@H]1OCCCC. The van der Waals surface area contributed by atoms with Crippen LogP contribution in [0.25, 0.3) is 0 Å². The van der Waals surface area contributed by atoms with Crippen LogP contribution in [-0.4, -0.2) is 85.8 Å². The molecule has 0 radical (unpaired) electrons. The van der Waals surface area contributed by atoms with E-state index in [1.807, 2.05) is 20.8 Å². The molecule has 2 unspecified atom stereocenters. The van der Waals surface area contributed by atoms with Gasteiger partial charge in [0.1, 0.15) is 36.6 Å². The van der Waals surface area contributed by atoms with E-state index in [1.165, 1.54) is 0 Å². The Morgan fingerprint density at radius 3 is 0.917 bits per heavy atom. The number of hydrogen-bond donors (Lipinski definition) is 6. The Hall–Kier alpha value is 0.210. The molecule has 0 saturated heterocycles. The number of ether oxygens (including phenoxy) is 3. The highest BCUT2D eigenvalue weighted by Crippen LogP contribution is 2.51. The van der Waals surface area contributed by atoms with E-state index in [-0.39, 0.29) is 19.8 Å². The third-order valence-electron chi connectivity index (χ3n) is 5.14. The Balaban J connectivity index is 3.68. The van der Waals surface area contributed by atoms with Crippen molar-refractivity contribution in [3.05, 3.63) is 0 Å². The minimum absolute atomic E-state index is 0.0458. The highest BCUT2D eigenvalue weighted by Gasteiger charge is 2.59. The normalized spacial score (nSPS) is 27.9. The van der Waals surface area contributed by atoms with Crippen molar-refractivity contribution in [2.45, 2.75) is 95.9 Å². The summed E-state index contributed by atoms with van der Waals surface area (Å²) in [4.78, 5) is 57.2. The highest BCUT2D eigenvalue weighted by molar-refractivity contribution is 7.47. The summed E-state index contributed by atoms with van der Waals surface area (Å²) in [6.07, 6.45) is -6.51. The molecule has 0 spiro atoms. The summed E-state index contributed by atoms with van der Waals surface area (Å²) in [7, 11) is -16.1. The molecule has 0 bridgehead atoms. The Bertz CT molecular complexity index is 719. The van der Waals surface area contributed by atoms with Crippen LogP contribution in [0.4, 0.5) is 0 Å². The van der Waals surface area contributed by atoms with Crippen LogP contribution in [0, 0.1) is 0 Å². The van der Waals surface area contributed by atoms with Gasteiger partial charge in [-0.05, 0) is 19.3 Å². The number of hydrogen-bond acceptors (Lipinski definition) is 9. The molecule has 6 N–H and O–H groups in total. The lowest BCUT2D eigenvalue weighted by molar-refractivity contribution is -0.248. The standard InChI is InChI=1S/C18H39O15P3/c1-4-7-10-28-13-14(29-11-8-5-2)16(31-34(19,20)21)18(33-36(25,26)27)17(32-35(22,23)24)15(13)30-12-9-6-3/h13-18H,4-12H2,1-3H3,(H2,19,20,21)(H2,22,23,24)(H2,25,26,27)/t13?,14-,15+,16-,17-,18?/m0/s1. The predicted octanol–water partition coefficient (Wildman–Crippen LogP) is 1.99. The molecule has 216 valence electrons. The number of phosphoric ester groups is 3. The first-order chi connectivity index (χ1) is 16.6. The maximum Gasteiger partial charge on any atom is 0.470 e. The molecule has 36 heavy (non-hydrogen) atoms. The van der Waals surface area contributed by atoms with Crippen molar-refractivity contribution < 1.29 is 70.8 Å². The minimum atomic E-state index is -5.42. The average Bonchev–Trinajstić information content (AvgIpc) is 2.72. The quantitative estimate of drug-likeness (QED) is 0.0994. The second-order valence-electron chi connectivity index (χ2n) is 8.25. The van der Waals surface area contributed by atoms with Gasteiger partial charge in [-0.1, -0.05) is 40.0 Å². The molecule has 1 aliphatic carbocycles. The molecule has 1 rings (SSSR count). The van der Waals surface area contributed by atoms with E-state index < -0.39 is 60.1 Å². The maximum atomic E-state index is 11.8. The van der Waals surface area contributed by atoms with Crippen LogP contribution in [0.1, 0.15) is 59.3 Å². The van der Waals surface area contributed by atoms with E-state index >= 15 is 0 Å². The van der Waals surface area contributed by atoms with Gasteiger partial charge in [0.15, 0.2) is 0 Å². The first-order valence-corrected chi connectivity index (χ1v) is 16.3. The molecule has 0 aromatic carbocycles. The maximum absolute atomic E-state index is 11.8. The lowest BCUT2D eigenvalue weighted by Crippen LogP contribution is -2.67. The van der Waals surface area contributed by atoms with Crippen LogP contribution in [0.15, 0.2) is 0 Å². The Morgan fingerprint density at radius 1 is 0.472 bits per heavy atom. The van der Waals surface area contributed by atoms with Crippen molar-refractivity contribution in [2.24, 2.45) is 0 Å². The zero-order valence-corrected chi connectivity index (χ0v) is 23.2. The van der Waals surface area contributed by atoms with Crippen molar-refractivity contribution in [1.82, 2.24) is 0 Å². The van der Waals surface area contributed by atoms with E-state index in [9.17, 15) is 43.1 Å². The summed E-state index contributed by atoms with van der Waals surface area (Å²) in [5.41, 5.74) is 0.